The summed E-state index contributed by atoms with van der Waals surface area (Å²) in [6.07, 6.45) is 2.51. The van der Waals surface area contributed by atoms with Crippen LogP contribution in [0.1, 0.15) is 19.8 Å². The van der Waals surface area contributed by atoms with Crippen molar-refractivity contribution in [2.45, 2.75) is 25.8 Å². The van der Waals surface area contributed by atoms with Crippen LogP contribution in [0, 0.1) is 5.92 Å². The summed E-state index contributed by atoms with van der Waals surface area (Å²) in [7, 11) is 4.25. The van der Waals surface area contributed by atoms with E-state index in [1.54, 1.807) is 0 Å². The van der Waals surface area contributed by atoms with Crippen molar-refractivity contribution >= 4 is 5.91 Å². The van der Waals surface area contributed by atoms with E-state index in [2.05, 4.69) is 29.2 Å². The first kappa shape index (κ1) is 15.4. The summed E-state index contributed by atoms with van der Waals surface area (Å²) in [6.45, 7) is 6.90. The fourth-order valence-corrected chi connectivity index (χ4v) is 2.57. The number of likely N-dealkylation sites (tertiary alicyclic amines) is 1. The summed E-state index contributed by atoms with van der Waals surface area (Å²) < 4.78 is 0. The van der Waals surface area contributed by atoms with Gasteiger partial charge in [-0.25, -0.2) is 0 Å². The molecule has 1 amide bonds. The molecule has 1 fully saturated rings. The number of nitrogens with zero attached hydrogens (tertiary/aromatic N) is 2. The van der Waals surface area contributed by atoms with Crippen LogP contribution in [0.15, 0.2) is 0 Å². The molecule has 1 rings (SSSR count). The number of primary amides is 1. The highest BCUT2D eigenvalue weighted by Crippen LogP contribution is 2.16. The normalized spacial score (nSPS) is 20.2. The van der Waals surface area contributed by atoms with Crippen LogP contribution in [0.4, 0.5) is 0 Å². The quantitative estimate of drug-likeness (QED) is 0.658. The van der Waals surface area contributed by atoms with Gasteiger partial charge in [-0.1, -0.05) is 6.92 Å². The summed E-state index contributed by atoms with van der Waals surface area (Å²) in [4.78, 5) is 15.9. The maximum absolute atomic E-state index is 11.3. The smallest absolute Gasteiger partial charge is 0.235 e. The number of rotatable bonds is 7. The summed E-state index contributed by atoms with van der Waals surface area (Å²) >= 11 is 0. The summed E-state index contributed by atoms with van der Waals surface area (Å²) in [5.74, 6) is 0.494. The summed E-state index contributed by atoms with van der Waals surface area (Å²) in [5.41, 5.74) is 5.39. The van der Waals surface area contributed by atoms with Crippen LogP contribution in [0.2, 0.25) is 0 Å². The third kappa shape index (κ3) is 5.33. The Bertz CT molecular complexity index is 251. The Labute approximate surface area is 111 Å². The average molecular weight is 256 g/mol. The molecule has 1 atom stereocenters. The number of carbonyl (C=O) groups excluding carboxylic acids is 1. The van der Waals surface area contributed by atoms with Crippen LogP contribution in [0.5, 0.6) is 0 Å². The predicted octanol–water partition coefficient (Wildman–Crippen LogP) is -0.277. The molecule has 5 nitrogen and oxygen atoms in total. The van der Waals surface area contributed by atoms with Crippen molar-refractivity contribution in [2.24, 2.45) is 11.7 Å². The van der Waals surface area contributed by atoms with E-state index in [9.17, 15) is 4.79 Å². The highest BCUT2D eigenvalue weighted by molar-refractivity contribution is 5.80. The van der Waals surface area contributed by atoms with E-state index in [0.717, 1.165) is 19.0 Å². The molecule has 106 valence electrons. The molecule has 0 aromatic carbocycles. The third-order valence-corrected chi connectivity index (χ3v) is 3.70. The van der Waals surface area contributed by atoms with Crippen molar-refractivity contribution in [1.82, 2.24) is 15.1 Å². The molecule has 0 bridgehead atoms. The topological polar surface area (TPSA) is 61.6 Å². The molecule has 1 aliphatic rings. The van der Waals surface area contributed by atoms with Gasteiger partial charge in [0, 0.05) is 13.1 Å². The highest BCUT2D eigenvalue weighted by atomic mass is 16.1. The zero-order valence-electron chi connectivity index (χ0n) is 12.0. The Balaban J connectivity index is 2.31. The standard InChI is InChI=1S/C13H28N4O/c1-4-15-12(13(14)18)10-17(3)9-11-5-7-16(2)8-6-11/h11-12,15H,4-10H2,1-3H3,(H2,14,18). The van der Waals surface area contributed by atoms with Gasteiger partial charge in [0.05, 0.1) is 6.04 Å². The van der Waals surface area contributed by atoms with Gasteiger partial charge >= 0.3 is 0 Å². The first-order valence-electron chi connectivity index (χ1n) is 6.92. The van der Waals surface area contributed by atoms with Gasteiger partial charge in [0.2, 0.25) is 5.91 Å². The number of hydrogen-bond donors (Lipinski definition) is 2. The molecular weight excluding hydrogens is 228 g/mol. The van der Waals surface area contributed by atoms with Gasteiger partial charge in [-0.3, -0.25) is 4.79 Å². The van der Waals surface area contributed by atoms with Crippen molar-refractivity contribution in [3.63, 3.8) is 0 Å². The lowest BCUT2D eigenvalue weighted by Gasteiger charge is -2.32. The van der Waals surface area contributed by atoms with E-state index in [1.807, 2.05) is 6.92 Å². The fraction of sp³-hybridized carbons (Fsp3) is 0.923. The maximum atomic E-state index is 11.3. The molecule has 3 N–H and O–H groups in total. The van der Waals surface area contributed by atoms with Gasteiger partial charge in [-0.2, -0.15) is 0 Å². The number of nitrogens with one attached hydrogen (secondary N) is 1. The van der Waals surface area contributed by atoms with E-state index < -0.39 is 0 Å². The van der Waals surface area contributed by atoms with Crippen molar-refractivity contribution in [3.05, 3.63) is 0 Å². The Morgan fingerprint density at radius 3 is 2.61 bits per heavy atom. The molecule has 18 heavy (non-hydrogen) atoms. The highest BCUT2D eigenvalue weighted by Gasteiger charge is 2.21. The first-order valence-corrected chi connectivity index (χ1v) is 6.92. The van der Waals surface area contributed by atoms with E-state index in [4.69, 9.17) is 5.73 Å². The van der Waals surface area contributed by atoms with E-state index in [-0.39, 0.29) is 11.9 Å². The SMILES string of the molecule is CCNC(CN(C)CC1CCN(C)CC1)C(N)=O. The third-order valence-electron chi connectivity index (χ3n) is 3.70. The predicted molar refractivity (Wildman–Crippen MR) is 74.4 cm³/mol. The second-order valence-electron chi connectivity index (χ2n) is 5.48. The molecule has 0 saturated carbocycles. The van der Waals surface area contributed by atoms with Gasteiger partial charge in [0.1, 0.15) is 0 Å². The second-order valence-corrected chi connectivity index (χ2v) is 5.48. The largest absolute Gasteiger partial charge is 0.368 e. The molecule has 0 aromatic rings. The van der Waals surface area contributed by atoms with Crippen molar-refractivity contribution in [3.8, 4) is 0 Å². The number of amides is 1. The lowest BCUT2D eigenvalue weighted by Crippen LogP contribution is -2.49. The lowest BCUT2D eigenvalue weighted by atomic mass is 9.96. The molecule has 1 aliphatic heterocycles. The van der Waals surface area contributed by atoms with Gasteiger partial charge < -0.3 is 20.9 Å². The average Bonchev–Trinajstić information content (AvgIpc) is 2.31. The molecule has 0 aromatic heterocycles. The number of likely N-dealkylation sites (N-methyl/N-ethyl adjacent to an activating group) is 2. The molecule has 1 saturated heterocycles. The van der Waals surface area contributed by atoms with Gasteiger partial charge in [0.25, 0.3) is 0 Å². The monoisotopic (exact) mass is 256 g/mol. The fourth-order valence-electron chi connectivity index (χ4n) is 2.57. The maximum Gasteiger partial charge on any atom is 0.235 e. The van der Waals surface area contributed by atoms with E-state index in [1.165, 1.54) is 25.9 Å². The van der Waals surface area contributed by atoms with Crippen molar-refractivity contribution < 1.29 is 4.79 Å². The number of hydrogen-bond acceptors (Lipinski definition) is 4. The number of nitrogens with two attached hydrogens (primary N) is 1. The van der Waals surface area contributed by atoms with Crippen LogP contribution in [0.3, 0.4) is 0 Å². The van der Waals surface area contributed by atoms with Crippen LogP contribution < -0.4 is 11.1 Å². The Morgan fingerprint density at radius 1 is 1.50 bits per heavy atom. The minimum Gasteiger partial charge on any atom is -0.368 e. The van der Waals surface area contributed by atoms with Crippen LogP contribution in [-0.2, 0) is 4.79 Å². The molecule has 0 aliphatic carbocycles. The zero-order chi connectivity index (χ0) is 13.5. The van der Waals surface area contributed by atoms with Crippen molar-refractivity contribution in [1.29, 1.82) is 0 Å². The van der Waals surface area contributed by atoms with Gasteiger partial charge in [-0.15, -0.1) is 0 Å². The Kier molecular flexibility index (Phi) is 6.60. The van der Waals surface area contributed by atoms with Gasteiger partial charge in [-0.05, 0) is 52.5 Å². The van der Waals surface area contributed by atoms with Crippen LogP contribution in [0.25, 0.3) is 0 Å². The molecule has 0 radical (unpaired) electrons. The van der Waals surface area contributed by atoms with Crippen LogP contribution >= 0.6 is 0 Å². The Morgan fingerprint density at radius 2 is 2.11 bits per heavy atom. The lowest BCUT2D eigenvalue weighted by molar-refractivity contribution is -0.120. The van der Waals surface area contributed by atoms with E-state index >= 15 is 0 Å². The minimum atomic E-state index is -0.257. The molecule has 0 spiro atoms. The van der Waals surface area contributed by atoms with E-state index in [0.29, 0.717) is 6.54 Å². The number of piperidine rings is 1. The second kappa shape index (κ2) is 7.71. The number of carbonyl (C=O) groups is 1. The molecule has 5 heteroatoms. The Hall–Kier alpha value is -0.650. The van der Waals surface area contributed by atoms with Crippen molar-refractivity contribution in [2.75, 3.05) is 46.8 Å². The summed E-state index contributed by atoms with van der Waals surface area (Å²) in [6, 6.07) is -0.230. The molecule has 1 unspecified atom stereocenters. The molecule has 1 heterocycles. The molecular formula is C13H28N4O. The minimum absolute atomic E-state index is 0.230. The summed E-state index contributed by atoms with van der Waals surface area (Å²) in [5, 5.41) is 3.13. The first-order chi connectivity index (χ1) is 8.52. The zero-order valence-corrected chi connectivity index (χ0v) is 12.0. The van der Waals surface area contributed by atoms with Crippen LogP contribution in [-0.4, -0.2) is 68.6 Å². The van der Waals surface area contributed by atoms with Gasteiger partial charge in [0.15, 0.2) is 0 Å².